The molecule has 1 aliphatic carbocycles. The number of aliphatic carboxylic acids is 1. The van der Waals surface area contributed by atoms with E-state index in [1.807, 2.05) is 4.90 Å². The second-order valence-electron chi connectivity index (χ2n) is 7.35. The van der Waals surface area contributed by atoms with Crippen molar-refractivity contribution in [2.75, 3.05) is 18.8 Å². The topological polar surface area (TPSA) is 57.6 Å². The van der Waals surface area contributed by atoms with E-state index in [9.17, 15) is 9.59 Å². The summed E-state index contributed by atoms with van der Waals surface area (Å²) in [5.41, 5.74) is 1.30. The monoisotopic (exact) mass is 347 g/mol. The van der Waals surface area contributed by atoms with Gasteiger partial charge in [-0.05, 0) is 48.3 Å². The van der Waals surface area contributed by atoms with Gasteiger partial charge in [-0.1, -0.05) is 26.0 Å². The van der Waals surface area contributed by atoms with Gasteiger partial charge in [-0.3, -0.25) is 9.59 Å². The average Bonchev–Trinajstić information content (AvgIpc) is 3.27. The summed E-state index contributed by atoms with van der Waals surface area (Å²) in [6, 6.07) is 8.42. The molecule has 1 atom stereocenters. The van der Waals surface area contributed by atoms with Crippen LogP contribution in [-0.2, 0) is 9.59 Å². The molecule has 0 radical (unpaired) electrons. The number of hydrogen-bond donors (Lipinski definition) is 1. The molecule has 0 aromatic heterocycles. The molecule has 1 heterocycles. The number of carbonyl (C=O) groups is 2. The lowest BCUT2D eigenvalue weighted by atomic mass is 9.91. The number of piperidine rings is 1. The van der Waals surface area contributed by atoms with Crippen molar-refractivity contribution >= 4 is 23.6 Å². The van der Waals surface area contributed by atoms with Gasteiger partial charge in [0.2, 0.25) is 5.91 Å². The maximum absolute atomic E-state index is 12.4. The second-order valence-corrected chi connectivity index (χ2v) is 8.40. The average molecular weight is 347 g/mol. The lowest BCUT2D eigenvalue weighted by Crippen LogP contribution is -2.40. The summed E-state index contributed by atoms with van der Waals surface area (Å²) in [5, 5.41) is 9.13. The van der Waals surface area contributed by atoms with E-state index in [0.717, 1.165) is 24.2 Å². The van der Waals surface area contributed by atoms with Gasteiger partial charge in [0.1, 0.15) is 0 Å². The molecule has 3 rings (SSSR count). The number of hydrogen-bond acceptors (Lipinski definition) is 3. The van der Waals surface area contributed by atoms with Crippen LogP contribution in [0.5, 0.6) is 0 Å². The van der Waals surface area contributed by atoms with Crippen molar-refractivity contribution < 1.29 is 14.7 Å². The zero-order valence-electron chi connectivity index (χ0n) is 14.3. The predicted octanol–water partition coefficient (Wildman–Crippen LogP) is 3.62. The Morgan fingerprint density at radius 1 is 1.25 bits per heavy atom. The number of benzene rings is 1. The molecule has 1 amide bonds. The fourth-order valence-electron chi connectivity index (χ4n) is 3.64. The van der Waals surface area contributed by atoms with Crippen molar-refractivity contribution in [1.82, 2.24) is 4.90 Å². The van der Waals surface area contributed by atoms with Gasteiger partial charge < -0.3 is 10.0 Å². The van der Waals surface area contributed by atoms with Crippen LogP contribution in [0.2, 0.25) is 0 Å². The van der Waals surface area contributed by atoms with E-state index in [0.29, 0.717) is 24.8 Å². The van der Waals surface area contributed by atoms with E-state index >= 15 is 0 Å². The Balaban J connectivity index is 1.46. The smallest absolute Gasteiger partial charge is 0.307 e. The van der Waals surface area contributed by atoms with Crippen molar-refractivity contribution in [1.29, 1.82) is 0 Å². The molecular weight excluding hydrogens is 322 g/mol. The van der Waals surface area contributed by atoms with Crippen LogP contribution in [0, 0.1) is 11.3 Å². The van der Waals surface area contributed by atoms with Gasteiger partial charge in [0.25, 0.3) is 0 Å². The molecule has 1 saturated carbocycles. The summed E-state index contributed by atoms with van der Waals surface area (Å²) < 4.78 is 0. The summed E-state index contributed by atoms with van der Waals surface area (Å²) in [6.45, 7) is 5.75. The Hall–Kier alpha value is -1.49. The normalized spacial score (nSPS) is 22.0. The van der Waals surface area contributed by atoms with Crippen LogP contribution in [0.25, 0.3) is 0 Å². The molecule has 24 heavy (non-hydrogen) atoms. The van der Waals surface area contributed by atoms with Gasteiger partial charge in [-0.15, -0.1) is 11.8 Å². The molecule has 130 valence electrons. The van der Waals surface area contributed by atoms with Crippen LogP contribution in [0.4, 0.5) is 0 Å². The van der Waals surface area contributed by atoms with Crippen LogP contribution in [-0.4, -0.2) is 40.7 Å². The molecule has 1 saturated heterocycles. The van der Waals surface area contributed by atoms with Crippen LogP contribution >= 0.6 is 11.8 Å². The third-order valence-corrected chi connectivity index (χ3v) is 6.51. The largest absolute Gasteiger partial charge is 0.481 e. The molecule has 1 aromatic rings. The quantitative estimate of drug-likeness (QED) is 0.827. The first-order valence-electron chi connectivity index (χ1n) is 8.65. The minimum atomic E-state index is -0.671. The maximum atomic E-state index is 12.4. The summed E-state index contributed by atoms with van der Waals surface area (Å²) in [7, 11) is 0. The van der Waals surface area contributed by atoms with Crippen molar-refractivity contribution in [3.63, 3.8) is 0 Å². The molecule has 1 unspecified atom stereocenters. The number of carbonyl (C=O) groups excluding carboxylic acids is 1. The van der Waals surface area contributed by atoms with E-state index in [1.165, 1.54) is 5.56 Å². The van der Waals surface area contributed by atoms with Crippen LogP contribution in [0.3, 0.4) is 0 Å². The number of thioether (sulfide) groups is 1. The number of likely N-dealkylation sites (tertiary alicyclic amines) is 1. The number of carboxylic acids is 1. The number of nitrogens with zero attached hydrogens (tertiary/aromatic N) is 1. The lowest BCUT2D eigenvalue weighted by Gasteiger charge is -2.32. The van der Waals surface area contributed by atoms with E-state index in [4.69, 9.17) is 5.11 Å². The van der Waals surface area contributed by atoms with Crippen LogP contribution in [0.1, 0.15) is 44.6 Å². The lowest BCUT2D eigenvalue weighted by molar-refractivity contribution is -0.139. The Bertz CT molecular complexity index is 618. The number of carboxylic acid groups (broad SMARTS) is 1. The van der Waals surface area contributed by atoms with E-state index < -0.39 is 5.97 Å². The molecular formula is C19H25NO3S. The molecule has 4 nitrogen and oxygen atoms in total. The Morgan fingerprint density at radius 2 is 1.88 bits per heavy atom. The molecule has 0 bridgehead atoms. The fraction of sp³-hybridized carbons (Fsp3) is 0.579. The van der Waals surface area contributed by atoms with Crippen molar-refractivity contribution in [2.24, 2.45) is 11.3 Å². The molecule has 2 fully saturated rings. The highest BCUT2D eigenvalue weighted by Gasteiger charge is 2.59. The SMILES string of the molecule is CC(C)c1ccc(SCC(=O)N2CCC3(CC2)CC3C(=O)O)cc1. The molecule has 1 aromatic carbocycles. The van der Waals surface area contributed by atoms with Gasteiger partial charge in [-0.25, -0.2) is 0 Å². The minimum absolute atomic E-state index is 0.0115. The first-order chi connectivity index (χ1) is 11.4. The van der Waals surface area contributed by atoms with Gasteiger partial charge in [0.05, 0.1) is 11.7 Å². The van der Waals surface area contributed by atoms with Crippen molar-refractivity contribution in [3.05, 3.63) is 29.8 Å². The highest BCUT2D eigenvalue weighted by molar-refractivity contribution is 8.00. The standard InChI is InChI=1S/C19H25NO3S/c1-13(2)14-3-5-15(6-4-14)24-12-17(21)20-9-7-19(8-10-20)11-16(19)18(22)23/h3-6,13,16H,7-12H2,1-2H3,(H,22,23). The fourth-order valence-corrected chi connectivity index (χ4v) is 4.44. The molecule has 5 heteroatoms. The second kappa shape index (κ2) is 6.79. The Morgan fingerprint density at radius 3 is 2.38 bits per heavy atom. The van der Waals surface area contributed by atoms with Gasteiger partial charge in [0.15, 0.2) is 0 Å². The van der Waals surface area contributed by atoms with Crippen molar-refractivity contribution in [3.8, 4) is 0 Å². The van der Waals surface area contributed by atoms with Crippen molar-refractivity contribution in [2.45, 2.75) is 43.9 Å². The molecule has 1 aliphatic heterocycles. The van der Waals surface area contributed by atoms with Gasteiger partial charge >= 0.3 is 5.97 Å². The Kier molecular flexibility index (Phi) is 4.90. The zero-order valence-corrected chi connectivity index (χ0v) is 15.1. The van der Waals surface area contributed by atoms with E-state index in [1.54, 1.807) is 11.8 Å². The van der Waals surface area contributed by atoms with Crippen LogP contribution in [0.15, 0.2) is 29.2 Å². The molecule has 1 N–H and O–H groups in total. The maximum Gasteiger partial charge on any atom is 0.307 e. The third-order valence-electron chi connectivity index (χ3n) is 5.51. The summed E-state index contributed by atoms with van der Waals surface area (Å²) in [4.78, 5) is 26.5. The summed E-state index contributed by atoms with van der Waals surface area (Å²) in [5.74, 6) is 0.286. The first-order valence-corrected chi connectivity index (χ1v) is 9.63. The molecule has 1 spiro atoms. The first kappa shape index (κ1) is 17.3. The highest BCUT2D eigenvalue weighted by atomic mass is 32.2. The highest BCUT2D eigenvalue weighted by Crippen LogP contribution is 2.59. The van der Waals surface area contributed by atoms with E-state index in [2.05, 4.69) is 38.1 Å². The number of rotatable bonds is 5. The predicted molar refractivity (Wildman–Crippen MR) is 95.2 cm³/mol. The van der Waals surface area contributed by atoms with Crippen LogP contribution < -0.4 is 0 Å². The third kappa shape index (κ3) is 3.61. The summed E-state index contributed by atoms with van der Waals surface area (Å²) >= 11 is 1.58. The summed E-state index contributed by atoms with van der Waals surface area (Å²) in [6.07, 6.45) is 2.47. The van der Waals surface area contributed by atoms with E-state index in [-0.39, 0.29) is 17.2 Å². The Labute approximate surface area is 147 Å². The number of amides is 1. The minimum Gasteiger partial charge on any atom is -0.481 e. The van der Waals surface area contributed by atoms with Gasteiger partial charge in [-0.2, -0.15) is 0 Å². The van der Waals surface area contributed by atoms with Gasteiger partial charge in [0, 0.05) is 18.0 Å². The molecule has 2 aliphatic rings. The zero-order chi connectivity index (χ0) is 17.3.